The summed E-state index contributed by atoms with van der Waals surface area (Å²) in [6.07, 6.45) is 0. The highest BCUT2D eigenvalue weighted by atomic mass is 32.1. The summed E-state index contributed by atoms with van der Waals surface area (Å²) >= 11 is 4.69. The van der Waals surface area contributed by atoms with Crippen LogP contribution < -0.4 is 14.2 Å². The molecule has 0 fully saturated rings. The highest BCUT2D eigenvalue weighted by Gasteiger charge is 2.22. The van der Waals surface area contributed by atoms with E-state index in [4.69, 9.17) is 19.2 Å². The molecule has 31 heavy (non-hydrogen) atoms. The quantitative estimate of drug-likeness (QED) is 0.407. The number of hydrogen-bond acceptors (Lipinski definition) is 6. The number of thiol groups is 1. The van der Waals surface area contributed by atoms with Gasteiger partial charge in [-0.2, -0.15) is 0 Å². The van der Waals surface area contributed by atoms with Crippen molar-refractivity contribution in [2.75, 3.05) is 21.3 Å². The Bertz CT molecular complexity index is 1180. The first-order valence-corrected chi connectivity index (χ1v) is 9.99. The van der Waals surface area contributed by atoms with Crippen LogP contribution in [-0.2, 0) is 0 Å². The van der Waals surface area contributed by atoms with Gasteiger partial charge in [0, 0.05) is 23.3 Å². The minimum absolute atomic E-state index is 0.184. The lowest BCUT2D eigenvalue weighted by Crippen LogP contribution is -2.03. The van der Waals surface area contributed by atoms with E-state index in [1.807, 2.05) is 59.2 Å². The van der Waals surface area contributed by atoms with Crippen molar-refractivity contribution < 1.29 is 19.3 Å². The summed E-state index contributed by atoms with van der Waals surface area (Å²) < 4.78 is 18.6. The highest BCUT2D eigenvalue weighted by Crippen LogP contribution is 2.42. The van der Waals surface area contributed by atoms with Crippen molar-refractivity contribution in [3.05, 3.63) is 66.7 Å². The monoisotopic (exact) mass is 434 g/mol. The van der Waals surface area contributed by atoms with Gasteiger partial charge in [0.15, 0.2) is 11.5 Å². The molecule has 0 atom stereocenters. The molecule has 7 heteroatoms. The van der Waals surface area contributed by atoms with Crippen molar-refractivity contribution in [1.29, 1.82) is 0 Å². The molecule has 0 saturated heterocycles. The van der Waals surface area contributed by atoms with Gasteiger partial charge in [-0.1, -0.05) is 30.3 Å². The number of aromatic hydroxyl groups is 1. The number of rotatable bonds is 6. The number of hydrogen-bond donors (Lipinski definition) is 2. The molecule has 1 aromatic heterocycles. The lowest BCUT2D eigenvalue weighted by Gasteiger charge is -2.18. The van der Waals surface area contributed by atoms with E-state index in [0.29, 0.717) is 28.1 Å². The molecule has 158 valence electrons. The molecule has 0 bridgehead atoms. The van der Waals surface area contributed by atoms with Crippen LogP contribution in [0, 0.1) is 0 Å². The molecule has 0 aliphatic heterocycles. The van der Waals surface area contributed by atoms with Crippen molar-refractivity contribution in [3.63, 3.8) is 0 Å². The first-order valence-electron chi connectivity index (χ1n) is 9.54. The highest BCUT2D eigenvalue weighted by molar-refractivity contribution is 7.80. The number of benzene rings is 3. The van der Waals surface area contributed by atoms with Gasteiger partial charge in [-0.3, -0.25) is 4.57 Å². The summed E-state index contributed by atoms with van der Waals surface area (Å²) in [7, 11) is 4.73. The van der Waals surface area contributed by atoms with Gasteiger partial charge in [-0.25, -0.2) is 4.98 Å². The average molecular weight is 435 g/mol. The second kappa shape index (κ2) is 8.65. The van der Waals surface area contributed by atoms with Crippen LogP contribution in [0.1, 0.15) is 0 Å². The van der Waals surface area contributed by atoms with E-state index in [9.17, 15) is 5.11 Å². The summed E-state index contributed by atoms with van der Waals surface area (Å²) in [5.74, 6) is 2.42. The zero-order valence-electron chi connectivity index (χ0n) is 17.4. The third-order valence-electron chi connectivity index (χ3n) is 4.94. The molecule has 0 saturated carbocycles. The largest absolute Gasteiger partial charge is 0.508 e. The summed E-state index contributed by atoms with van der Waals surface area (Å²) in [5.41, 5.74) is 3.37. The summed E-state index contributed by atoms with van der Waals surface area (Å²) in [5, 5.41) is 10.3. The zero-order valence-corrected chi connectivity index (χ0v) is 18.3. The Morgan fingerprint density at radius 1 is 0.806 bits per heavy atom. The van der Waals surface area contributed by atoms with Gasteiger partial charge >= 0.3 is 0 Å². The molecule has 4 rings (SSSR count). The fourth-order valence-corrected chi connectivity index (χ4v) is 3.84. The molecule has 0 amide bonds. The SMILES string of the molecule is COc1cc(-n2c(-c3ccc(O)cc3)nc(S)c2-c2ccccc2)cc(OC)c1OC. The molecule has 0 unspecified atom stereocenters. The number of methoxy groups -OCH3 is 3. The van der Waals surface area contributed by atoms with E-state index in [1.165, 1.54) is 0 Å². The standard InChI is InChI=1S/C24H22N2O4S/c1-28-19-13-17(14-20(29-2)22(19)30-3)26-21(15-7-5-4-6-8-15)24(31)25-23(26)16-9-11-18(27)12-10-16/h4-14,27,31H,1-3H3. The van der Waals surface area contributed by atoms with Crippen LogP contribution in [0.15, 0.2) is 71.8 Å². The molecule has 1 N–H and O–H groups in total. The molecule has 6 nitrogen and oxygen atoms in total. The van der Waals surface area contributed by atoms with Gasteiger partial charge in [-0.05, 0) is 24.3 Å². The smallest absolute Gasteiger partial charge is 0.203 e. The molecule has 4 aromatic rings. The minimum Gasteiger partial charge on any atom is -0.508 e. The first kappa shape index (κ1) is 20.7. The van der Waals surface area contributed by atoms with Crippen molar-refractivity contribution >= 4 is 12.6 Å². The maximum atomic E-state index is 9.73. The number of nitrogens with zero attached hydrogens (tertiary/aromatic N) is 2. The predicted molar refractivity (Wildman–Crippen MR) is 123 cm³/mol. The Morgan fingerprint density at radius 2 is 1.42 bits per heavy atom. The fraction of sp³-hybridized carbons (Fsp3) is 0.125. The summed E-state index contributed by atoms with van der Waals surface area (Å²) in [6, 6.07) is 20.5. The Balaban J connectivity index is 2.05. The number of phenols is 1. The lowest BCUT2D eigenvalue weighted by molar-refractivity contribution is 0.324. The van der Waals surface area contributed by atoms with Gasteiger partial charge in [0.05, 0.1) is 32.7 Å². The Labute approximate surface area is 186 Å². The fourth-order valence-electron chi connectivity index (χ4n) is 3.52. The van der Waals surface area contributed by atoms with Crippen molar-refractivity contribution in [2.45, 2.75) is 5.03 Å². The second-order valence-corrected chi connectivity index (χ2v) is 7.16. The third kappa shape index (κ3) is 3.80. The molecule has 0 spiro atoms. The molecule has 0 radical (unpaired) electrons. The van der Waals surface area contributed by atoms with Crippen LogP contribution in [0.25, 0.3) is 28.3 Å². The topological polar surface area (TPSA) is 65.7 Å². The number of phenolic OH excluding ortho intramolecular Hbond substituents is 1. The lowest BCUT2D eigenvalue weighted by atomic mass is 10.1. The molecule has 3 aromatic carbocycles. The van der Waals surface area contributed by atoms with Crippen LogP contribution in [0.3, 0.4) is 0 Å². The van der Waals surface area contributed by atoms with E-state index < -0.39 is 0 Å². The van der Waals surface area contributed by atoms with E-state index >= 15 is 0 Å². The molecular formula is C24H22N2O4S. The summed E-state index contributed by atoms with van der Waals surface area (Å²) in [6.45, 7) is 0. The van der Waals surface area contributed by atoms with E-state index in [0.717, 1.165) is 22.5 Å². The predicted octanol–water partition coefficient (Wildman–Crippen LogP) is 5.23. The maximum Gasteiger partial charge on any atom is 0.203 e. The van der Waals surface area contributed by atoms with E-state index in [2.05, 4.69) is 12.6 Å². The molecule has 1 heterocycles. The first-order chi connectivity index (χ1) is 15.1. The summed E-state index contributed by atoms with van der Waals surface area (Å²) in [4.78, 5) is 4.75. The van der Waals surface area contributed by atoms with Crippen molar-refractivity contribution in [3.8, 4) is 51.3 Å². The molecule has 0 aliphatic carbocycles. The number of imidazole rings is 1. The van der Waals surface area contributed by atoms with Gasteiger partial charge in [0.2, 0.25) is 5.75 Å². The average Bonchev–Trinajstić information content (AvgIpc) is 3.16. The normalized spacial score (nSPS) is 10.7. The van der Waals surface area contributed by atoms with Gasteiger partial charge in [0.1, 0.15) is 16.6 Å². The Morgan fingerprint density at radius 3 is 1.97 bits per heavy atom. The van der Waals surface area contributed by atoms with Crippen LogP contribution in [0.2, 0.25) is 0 Å². The zero-order chi connectivity index (χ0) is 22.0. The van der Waals surface area contributed by atoms with Gasteiger partial charge in [-0.15, -0.1) is 12.6 Å². The Kier molecular flexibility index (Phi) is 5.77. The molecule has 0 aliphatic rings. The van der Waals surface area contributed by atoms with Crippen LogP contribution in [-0.4, -0.2) is 36.0 Å². The maximum absolute atomic E-state index is 9.73. The van der Waals surface area contributed by atoms with Crippen LogP contribution in [0.5, 0.6) is 23.0 Å². The number of aromatic nitrogens is 2. The van der Waals surface area contributed by atoms with Crippen molar-refractivity contribution in [1.82, 2.24) is 9.55 Å². The third-order valence-corrected chi connectivity index (χ3v) is 5.25. The van der Waals surface area contributed by atoms with Crippen molar-refractivity contribution in [2.24, 2.45) is 0 Å². The van der Waals surface area contributed by atoms with E-state index in [1.54, 1.807) is 33.5 Å². The van der Waals surface area contributed by atoms with Gasteiger partial charge in [0.25, 0.3) is 0 Å². The van der Waals surface area contributed by atoms with Crippen LogP contribution >= 0.6 is 12.6 Å². The minimum atomic E-state index is 0.184. The van der Waals surface area contributed by atoms with Gasteiger partial charge < -0.3 is 19.3 Å². The van der Waals surface area contributed by atoms with E-state index in [-0.39, 0.29) is 5.75 Å². The second-order valence-electron chi connectivity index (χ2n) is 6.74. The number of ether oxygens (including phenoxy) is 3. The van der Waals surface area contributed by atoms with Crippen LogP contribution in [0.4, 0.5) is 0 Å². The molecular weight excluding hydrogens is 412 g/mol. The Hall–Kier alpha value is -3.58.